The number of hydrogen-bond donors (Lipinski definition) is 1. The van der Waals surface area contributed by atoms with Crippen LogP contribution in [0.25, 0.3) is 10.2 Å². The van der Waals surface area contributed by atoms with Crippen molar-refractivity contribution in [1.29, 1.82) is 0 Å². The highest BCUT2D eigenvalue weighted by atomic mass is 35.5. The number of aryl methyl sites for hydroxylation is 1. The van der Waals surface area contributed by atoms with E-state index < -0.39 is 29.7 Å². The number of hydrogen-bond acceptors (Lipinski definition) is 5. The minimum Gasteiger partial charge on any atom is -0.453 e. The fourth-order valence-corrected chi connectivity index (χ4v) is 3.71. The molecule has 0 aliphatic carbocycles. The Balaban J connectivity index is 1.55. The predicted molar refractivity (Wildman–Crippen MR) is 109 cm³/mol. The number of aromatic nitrogens is 1. The predicted octanol–water partition coefficient (Wildman–Crippen LogP) is 5.47. The van der Waals surface area contributed by atoms with Crippen molar-refractivity contribution in [2.75, 3.05) is 5.32 Å². The summed E-state index contributed by atoms with van der Waals surface area (Å²) in [5.74, 6) is -1.41. The molecule has 1 N–H and O–H groups in total. The molecule has 1 atom stereocenters. The molecule has 0 saturated carbocycles. The van der Waals surface area contributed by atoms with Crippen LogP contribution < -0.4 is 5.32 Å². The van der Waals surface area contributed by atoms with Crippen LogP contribution in [0, 0.1) is 0 Å². The van der Waals surface area contributed by atoms with E-state index in [1.807, 2.05) is 24.3 Å². The second-order valence-corrected chi connectivity index (χ2v) is 7.91. The number of thiazole rings is 1. The van der Waals surface area contributed by atoms with Crippen LogP contribution in [0.1, 0.15) is 23.9 Å². The summed E-state index contributed by atoms with van der Waals surface area (Å²) < 4.78 is 44.6. The summed E-state index contributed by atoms with van der Waals surface area (Å²) in [4.78, 5) is 28.7. The van der Waals surface area contributed by atoms with E-state index in [1.165, 1.54) is 18.3 Å². The van der Waals surface area contributed by atoms with Gasteiger partial charge in [0.2, 0.25) is 0 Å². The molecule has 0 radical (unpaired) electrons. The molecule has 5 nitrogen and oxygen atoms in total. The fourth-order valence-electron chi connectivity index (χ4n) is 2.58. The Kier molecular flexibility index (Phi) is 6.62. The molecule has 0 spiro atoms. The molecule has 0 bridgehead atoms. The number of carbonyl (C=O) groups excluding carboxylic acids is 2. The molecule has 10 heteroatoms. The molecule has 1 unspecified atom stereocenters. The first-order valence-corrected chi connectivity index (χ1v) is 10.0. The van der Waals surface area contributed by atoms with Gasteiger partial charge in [0.15, 0.2) is 6.10 Å². The van der Waals surface area contributed by atoms with Gasteiger partial charge >= 0.3 is 12.1 Å². The van der Waals surface area contributed by atoms with Crippen LogP contribution in [0.2, 0.25) is 5.02 Å². The van der Waals surface area contributed by atoms with Crippen LogP contribution in [0.15, 0.2) is 42.5 Å². The zero-order valence-corrected chi connectivity index (χ0v) is 17.2. The van der Waals surface area contributed by atoms with Crippen LogP contribution in [-0.4, -0.2) is 23.0 Å². The van der Waals surface area contributed by atoms with E-state index in [4.69, 9.17) is 16.3 Å². The summed E-state index contributed by atoms with van der Waals surface area (Å²) >= 11 is 7.32. The van der Waals surface area contributed by atoms with Crippen molar-refractivity contribution in [2.24, 2.45) is 0 Å². The largest absolute Gasteiger partial charge is 0.453 e. The van der Waals surface area contributed by atoms with Crippen molar-refractivity contribution in [3.05, 3.63) is 58.1 Å². The van der Waals surface area contributed by atoms with E-state index in [9.17, 15) is 22.8 Å². The maximum Gasteiger partial charge on any atom is 0.416 e. The van der Waals surface area contributed by atoms with Crippen molar-refractivity contribution in [3.8, 4) is 0 Å². The maximum absolute atomic E-state index is 12.8. The number of halogens is 4. The van der Waals surface area contributed by atoms with E-state index >= 15 is 0 Å². The number of ether oxygens (including phenoxy) is 1. The number of rotatable bonds is 6. The molecule has 0 saturated heterocycles. The van der Waals surface area contributed by atoms with Crippen LogP contribution in [0.4, 0.5) is 18.9 Å². The number of carbonyl (C=O) groups is 2. The lowest BCUT2D eigenvalue weighted by Gasteiger charge is -2.15. The van der Waals surface area contributed by atoms with Gasteiger partial charge in [-0.15, -0.1) is 11.3 Å². The lowest BCUT2D eigenvalue weighted by atomic mass is 10.2. The number of anilines is 1. The molecule has 2 aromatic carbocycles. The first-order valence-electron chi connectivity index (χ1n) is 8.85. The van der Waals surface area contributed by atoms with Crippen LogP contribution >= 0.6 is 22.9 Å². The van der Waals surface area contributed by atoms with E-state index in [2.05, 4.69) is 10.3 Å². The molecule has 3 rings (SSSR count). The topological polar surface area (TPSA) is 68.3 Å². The molecule has 30 heavy (non-hydrogen) atoms. The number of benzene rings is 2. The highest BCUT2D eigenvalue weighted by Gasteiger charge is 2.31. The third-order valence-electron chi connectivity index (χ3n) is 4.11. The van der Waals surface area contributed by atoms with Gasteiger partial charge < -0.3 is 10.1 Å². The number of fused-ring (bicyclic) bond motifs is 1. The van der Waals surface area contributed by atoms with Gasteiger partial charge in [0, 0.05) is 6.42 Å². The average Bonchev–Trinajstić information content (AvgIpc) is 3.10. The SMILES string of the molecule is CC(OC(=O)CCc1nc2ccccc2s1)C(=O)Nc1cc(C(F)(F)F)ccc1Cl. The molecule has 3 aromatic rings. The highest BCUT2D eigenvalue weighted by molar-refractivity contribution is 7.18. The molecule has 1 heterocycles. The summed E-state index contributed by atoms with van der Waals surface area (Å²) in [6, 6.07) is 10.1. The molecule has 1 aromatic heterocycles. The molecule has 0 aliphatic rings. The molecule has 0 aliphatic heterocycles. The summed E-state index contributed by atoms with van der Waals surface area (Å²) in [7, 11) is 0. The molecular formula is C20H16ClF3N2O3S. The van der Waals surface area contributed by atoms with Gasteiger partial charge in [-0.25, -0.2) is 4.98 Å². The van der Waals surface area contributed by atoms with Crippen molar-refractivity contribution >= 4 is 50.7 Å². The zero-order valence-electron chi connectivity index (χ0n) is 15.6. The molecule has 0 fully saturated rings. The van der Waals surface area contributed by atoms with Gasteiger partial charge in [-0.2, -0.15) is 13.2 Å². The minimum atomic E-state index is -4.58. The summed E-state index contributed by atoms with van der Waals surface area (Å²) in [5.41, 5.74) is -0.326. The third kappa shape index (κ3) is 5.48. The van der Waals surface area contributed by atoms with E-state index in [-0.39, 0.29) is 17.1 Å². The highest BCUT2D eigenvalue weighted by Crippen LogP contribution is 2.34. The Morgan fingerprint density at radius 2 is 1.97 bits per heavy atom. The van der Waals surface area contributed by atoms with E-state index in [0.717, 1.165) is 33.4 Å². The summed E-state index contributed by atoms with van der Waals surface area (Å²) in [5, 5.41) is 2.96. The smallest absolute Gasteiger partial charge is 0.416 e. The number of esters is 1. The monoisotopic (exact) mass is 456 g/mol. The third-order valence-corrected chi connectivity index (χ3v) is 5.54. The maximum atomic E-state index is 12.8. The van der Waals surface area contributed by atoms with Gasteiger partial charge in [0.25, 0.3) is 5.91 Å². The zero-order chi connectivity index (χ0) is 21.9. The first-order chi connectivity index (χ1) is 14.1. The number of nitrogens with zero attached hydrogens (tertiary/aromatic N) is 1. The van der Waals surface area contributed by atoms with Crippen LogP contribution in [0.3, 0.4) is 0 Å². The lowest BCUT2D eigenvalue weighted by molar-refractivity contribution is -0.153. The molecule has 1 amide bonds. The molecular weight excluding hydrogens is 441 g/mol. The molecule has 158 valence electrons. The number of alkyl halides is 3. The first kappa shape index (κ1) is 22.0. The fraction of sp³-hybridized carbons (Fsp3) is 0.250. The number of para-hydroxylation sites is 1. The van der Waals surface area contributed by atoms with Crippen molar-refractivity contribution in [3.63, 3.8) is 0 Å². The van der Waals surface area contributed by atoms with Gasteiger partial charge in [-0.1, -0.05) is 23.7 Å². The Hall–Kier alpha value is -2.65. The summed E-state index contributed by atoms with van der Waals surface area (Å²) in [6.45, 7) is 1.33. The van der Waals surface area contributed by atoms with Crippen LogP contribution in [0.5, 0.6) is 0 Å². The van der Waals surface area contributed by atoms with Crippen molar-refractivity contribution < 1.29 is 27.5 Å². The Bertz CT molecular complexity index is 1050. The lowest BCUT2D eigenvalue weighted by Crippen LogP contribution is -2.30. The standard InChI is InChI=1S/C20H16ClF3N2O3S/c1-11(19(28)26-15-10-12(20(22,23)24)6-7-13(15)21)29-18(27)9-8-17-25-14-4-2-3-5-16(14)30-17/h2-7,10-11H,8-9H2,1H3,(H,26,28). The van der Waals surface area contributed by atoms with E-state index in [0.29, 0.717) is 6.42 Å². The Morgan fingerprint density at radius 1 is 1.23 bits per heavy atom. The Morgan fingerprint density at radius 3 is 2.67 bits per heavy atom. The minimum absolute atomic E-state index is 0.0156. The van der Waals surface area contributed by atoms with Gasteiger partial charge in [-0.3, -0.25) is 9.59 Å². The summed E-state index contributed by atoms with van der Waals surface area (Å²) in [6.07, 6.45) is -5.42. The number of nitrogens with one attached hydrogen (secondary N) is 1. The Labute approximate surface area is 178 Å². The van der Waals surface area contributed by atoms with Gasteiger partial charge in [-0.05, 0) is 37.3 Å². The van der Waals surface area contributed by atoms with Crippen LogP contribution in [-0.2, 0) is 26.9 Å². The van der Waals surface area contributed by atoms with Gasteiger partial charge in [0.1, 0.15) is 0 Å². The normalized spacial score (nSPS) is 12.6. The van der Waals surface area contributed by atoms with Gasteiger partial charge in [0.05, 0.1) is 37.9 Å². The van der Waals surface area contributed by atoms with Crippen molar-refractivity contribution in [1.82, 2.24) is 4.98 Å². The second-order valence-electron chi connectivity index (χ2n) is 6.39. The van der Waals surface area contributed by atoms with Crippen molar-refractivity contribution in [2.45, 2.75) is 32.0 Å². The number of amides is 1. The average molecular weight is 457 g/mol. The van der Waals surface area contributed by atoms with E-state index in [1.54, 1.807) is 0 Å². The second kappa shape index (κ2) is 9.01. The quantitative estimate of drug-likeness (QED) is 0.499.